The molecule has 0 heterocycles. The number of aliphatic hydroxyl groups is 1. The van der Waals surface area contributed by atoms with E-state index in [-0.39, 0.29) is 13.0 Å². The summed E-state index contributed by atoms with van der Waals surface area (Å²) < 4.78 is 12.1. The molecule has 0 spiro atoms. The zero-order valence-corrected chi connectivity index (χ0v) is 25.9. The number of nitrogens with zero attached hydrogens (tertiary/aromatic N) is 1. The van der Waals surface area contributed by atoms with E-state index < -0.39 is 12.9 Å². The third-order valence-electron chi connectivity index (χ3n) is 7.02. The standard InChI is InChI=1S/C31H62NO4P/c1-5-6-7-8-9-10-11-12-13-14-15-16-17-18-19-20-21-22-23-24-25-26-27-28-29-31(33,37(34,35)36)30-32(2,3)4/h13-14,23-24,33H,5-12,15-22,25-30H2,1-4H3,(H-,34,35,36)/p+1/b14-13-,24-23-. The molecule has 220 valence electrons. The minimum Gasteiger partial charge on any atom is -0.373 e. The number of hydrogen-bond donors (Lipinski definition) is 3. The van der Waals surface area contributed by atoms with Crippen LogP contribution in [0.2, 0.25) is 0 Å². The van der Waals surface area contributed by atoms with Crippen LogP contribution in [0.5, 0.6) is 0 Å². The minimum absolute atomic E-state index is 0.0492. The first-order valence-corrected chi connectivity index (χ1v) is 17.0. The van der Waals surface area contributed by atoms with Crippen molar-refractivity contribution in [1.82, 2.24) is 0 Å². The lowest BCUT2D eigenvalue weighted by Crippen LogP contribution is -2.49. The second kappa shape index (κ2) is 22.4. The number of rotatable bonds is 26. The molecule has 5 nitrogen and oxygen atoms in total. The van der Waals surface area contributed by atoms with E-state index in [0.29, 0.717) is 10.9 Å². The van der Waals surface area contributed by atoms with E-state index in [1.807, 2.05) is 21.1 Å². The van der Waals surface area contributed by atoms with Crippen LogP contribution in [-0.4, -0.2) is 52.4 Å². The van der Waals surface area contributed by atoms with Gasteiger partial charge in [0.25, 0.3) is 0 Å². The van der Waals surface area contributed by atoms with Crippen molar-refractivity contribution in [2.75, 3.05) is 27.7 Å². The number of allylic oxidation sites excluding steroid dienone is 4. The van der Waals surface area contributed by atoms with Crippen LogP contribution in [0.4, 0.5) is 0 Å². The molecular formula is C31H63NO4P+. The van der Waals surface area contributed by atoms with Gasteiger partial charge in [0, 0.05) is 0 Å². The van der Waals surface area contributed by atoms with Crippen LogP contribution in [0.15, 0.2) is 24.3 Å². The van der Waals surface area contributed by atoms with Gasteiger partial charge in [-0.1, -0.05) is 102 Å². The summed E-state index contributed by atoms with van der Waals surface area (Å²) in [4.78, 5) is 19.2. The molecule has 0 aromatic rings. The van der Waals surface area contributed by atoms with Crippen LogP contribution in [0.3, 0.4) is 0 Å². The normalized spacial score (nSPS) is 14.7. The third-order valence-corrected chi connectivity index (χ3v) is 8.47. The summed E-state index contributed by atoms with van der Waals surface area (Å²) in [6.07, 6.45) is 34.3. The van der Waals surface area contributed by atoms with Crippen LogP contribution in [-0.2, 0) is 4.57 Å². The van der Waals surface area contributed by atoms with Crippen LogP contribution in [0.1, 0.15) is 142 Å². The van der Waals surface area contributed by atoms with Gasteiger partial charge in [-0.3, -0.25) is 4.57 Å². The van der Waals surface area contributed by atoms with Crippen LogP contribution < -0.4 is 0 Å². The average molecular weight is 545 g/mol. The molecule has 6 heteroatoms. The summed E-state index contributed by atoms with van der Waals surface area (Å²) in [6, 6.07) is 0. The van der Waals surface area contributed by atoms with E-state index in [1.54, 1.807) is 0 Å². The Morgan fingerprint density at radius 2 is 0.919 bits per heavy atom. The fourth-order valence-corrected chi connectivity index (χ4v) is 5.90. The molecule has 0 aliphatic carbocycles. The van der Waals surface area contributed by atoms with Crippen molar-refractivity contribution in [3.8, 4) is 0 Å². The highest BCUT2D eigenvalue weighted by atomic mass is 31.2. The molecule has 3 N–H and O–H groups in total. The molecule has 1 unspecified atom stereocenters. The fraction of sp³-hybridized carbons (Fsp3) is 0.871. The van der Waals surface area contributed by atoms with Crippen molar-refractivity contribution < 1.29 is 23.9 Å². The summed E-state index contributed by atoms with van der Waals surface area (Å²) in [5.74, 6) is 0. The number of quaternary nitrogens is 1. The molecular weight excluding hydrogens is 481 g/mol. The van der Waals surface area contributed by atoms with Gasteiger partial charge < -0.3 is 19.4 Å². The number of likely N-dealkylation sites (N-methyl/N-ethyl adjacent to an activating group) is 1. The van der Waals surface area contributed by atoms with E-state index >= 15 is 0 Å². The predicted molar refractivity (Wildman–Crippen MR) is 161 cm³/mol. The van der Waals surface area contributed by atoms with E-state index in [1.165, 1.54) is 96.3 Å². The van der Waals surface area contributed by atoms with Crippen molar-refractivity contribution in [2.24, 2.45) is 0 Å². The molecule has 0 aliphatic rings. The van der Waals surface area contributed by atoms with Gasteiger partial charge in [0.2, 0.25) is 5.34 Å². The maximum atomic E-state index is 11.8. The number of hydrogen-bond acceptors (Lipinski definition) is 2. The lowest BCUT2D eigenvalue weighted by Gasteiger charge is -2.35. The molecule has 0 saturated heterocycles. The maximum absolute atomic E-state index is 11.8. The van der Waals surface area contributed by atoms with Crippen LogP contribution >= 0.6 is 7.60 Å². The molecule has 0 fully saturated rings. The van der Waals surface area contributed by atoms with Crippen LogP contribution in [0.25, 0.3) is 0 Å². The van der Waals surface area contributed by atoms with Crippen molar-refractivity contribution in [2.45, 2.75) is 147 Å². The van der Waals surface area contributed by atoms with Crippen molar-refractivity contribution in [3.05, 3.63) is 24.3 Å². The van der Waals surface area contributed by atoms with Gasteiger partial charge >= 0.3 is 7.60 Å². The molecule has 0 aromatic carbocycles. The van der Waals surface area contributed by atoms with Crippen LogP contribution in [0, 0.1) is 0 Å². The fourth-order valence-electron chi connectivity index (χ4n) is 4.85. The lowest BCUT2D eigenvalue weighted by atomic mass is 10.1. The smallest absolute Gasteiger partial charge is 0.362 e. The van der Waals surface area contributed by atoms with E-state index in [2.05, 4.69) is 31.2 Å². The summed E-state index contributed by atoms with van der Waals surface area (Å²) in [7, 11) is 0.949. The highest BCUT2D eigenvalue weighted by molar-refractivity contribution is 7.53. The van der Waals surface area contributed by atoms with Gasteiger partial charge in [-0.15, -0.1) is 0 Å². The SMILES string of the molecule is CCCCCCCCC/C=C\CCCCCCCC/C=C\CCCCCC(O)(C[N+](C)(C)C)P(=O)(O)O. The van der Waals surface area contributed by atoms with Crippen molar-refractivity contribution in [3.63, 3.8) is 0 Å². The molecule has 37 heavy (non-hydrogen) atoms. The van der Waals surface area contributed by atoms with E-state index in [4.69, 9.17) is 0 Å². The highest BCUT2D eigenvalue weighted by Crippen LogP contribution is 2.52. The Labute approximate surface area is 230 Å². The van der Waals surface area contributed by atoms with Gasteiger partial charge in [0.05, 0.1) is 21.1 Å². The first-order valence-electron chi connectivity index (χ1n) is 15.4. The Hall–Kier alpha value is -0.450. The molecule has 0 radical (unpaired) electrons. The van der Waals surface area contributed by atoms with Gasteiger partial charge in [-0.05, 0) is 64.2 Å². The second-order valence-corrected chi connectivity index (χ2v) is 14.0. The zero-order chi connectivity index (χ0) is 27.9. The summed E-state index contributed by atoms with van der Waals surface area (Å²) in [5.41, 5.74) is 0. The Kier molecular flexibility index (Phi) is 22.1. The van der Waals surface area contributed by atoms with E-state index in [9.17, 15) is 19.5 Å². The molecule has 0 saturated carbocycles. The Bertz CT molecular complexity index is 623. The maximum Gasteiger partial charge on any atom is 0.362 e. The molecule has 0 rings (SSSR count). The van der Waals surface area contributed by atoms with Crippen molar-refractivity contribution in [1.29, 1.82) is 0 Å². The first-order chi connectivity index (χ1) is 17.5. The summed E-state index contributed by atoms with van der Waals surface area (Å²) in [6.45, 7) is 2.32. The summed E-state index contributed by atoms with van der Waals surface area (Å²) >= 11 is 0. The minimum atomic E-state index is -4.56. The highest BCUT2D eigenvalue weighted by Gasteiger charge is 2.48. The Balaban J connectivity index is 3.55. The molecule has 0 amide bonds. The Morgan fingerprint density at radius 3 is 1.24 bits per heavy atom. The van der Waals surface area contributed by atoms with Crippen molar-refractivity contribution >= 4 is 7.60 Å². The van der Waals surface area contributed by atoms with E-state index in [0.717, 1.165) is 25.7 Å². The predicted octanol–water partition coefficient (Wildman–Crippen LogP) is 8.88. The summed E-state index contributed by atoms with van der Waals surface area (Å²) in [5, 5.41) is 8.64. The molecule has 1 atom stereocenters. The van der Waals surface area contributed by atoms with Gasteiger partial charge in [0.15, 0.2) is 0 Å². The Morgan fingerprint density at radius 1 is 0.595 bits per heavy atom. The topological polar surface area (TPSA) is 77.8 Å². The third kappa shape index (κ3) is 23.2. The first kappa shape index (κ1) is 36.5. The quantitative estimate of drug-likeness (QED) is 0.0440. The second-order valence-electron chi connectivity index (χ2n) is 12.1. The largest absolute Gasteiger partial charge is 0.373 e. The molecule has 0 aromatic heterocycles. The van der Waals surface area contributed by atoms with Gasteiger partial charge in [-0.25, -0.2) is 0 Å². The average Bonchev–Trinajstić information content (AvgIpc) is 2.80. The molecule has 0 aliphatic heterocycles. The van der Waals surface area contributed by atoms with Gasteiger partial charge in [0.1, 0.15) is 6.54 Å². The monoisotopic (exact) mass is 544 g/mol. The zero-order valence-electron chi connectivity index (χ0n) is 25.0. The number of unbranched alkanes of at least 4 members (excludes halogenated alkanes) is 17. The lowest BCUT2D eigenvalue weighted by molar-refractivity contribution is -0.875. The van der Waals surface area contributed by atoms with Gasteiger partial charge in [-0.2, -0.15) is 0 Å². The molecule has 0 bridgehead atoms.